The first-order valence-electron chi connectivity index (χ1n) is 10.2. The molecule has 3 aromatic carbocycles. The van der Waals surface area contributed by atoms with Crippen molar-refractivity contribution in [2.24, 2.45) is 0 Å². The first-order valence-corrected chi connectivity index (χ1v) is 10.2. The molecule has 0 atom stereocenters. The molecule has 0 fully saturated rings. The van der Waals surface area contributed by atoms with E-state index in [4.69, 9.17) is 15.0 Å². The molecule has 0 N–H and O–H groups in total. The van der Waals surface area contributed by atoms with Crippen LogP contribution in [-0.2, 0) is 0 Å². The Kier molecular flexibility index (Phi) is 5.03. The van der Waals surface area contributed by atoms with E-state index in [9.17, 15) is 0 Å². The van der Waals surface area contributed by atoms with Crippen LogP contribution in [0.4, 0.5) is 0 Å². The lowest BCUT2D eigenvalue weighted by atomic mass is 10.0. The molecular weight excluding hydrogens is 380 g/mol. The topological polar surface area (TPSA) is 51.6 Å². The summed E-state index contributed by atoms with van der Waals surface area (Å²) in [6.45, 7) is 2.00. The minimum absolute atomic E-state index is 0.653. The van der Waals surface area contributed by atoms with Crippen molar-refractivity contribution < 1.29 is 0 Å². The Morgan fingerprint density at radius 3 is 1.52 bits per heavy atom. The summed E-state index contributed by atoms with van der Waals surface area (Å²) in [5.41, 5.74) is 6.08. The molecule has 0 radical (unpaired) electrons. The second-order valence-corrected chi connectivity index (χ2v) is 7.30. The van der Waals surface area contributed by atoms with Gasteiger partial charge in [0.15, 0.2) is 17.5 Å². The SMILES string of the molecule is Cc1cc(-c2cccc(-c3nc(-c4ccccc4)nc(-c4ccccc4)n3)c2)ccn1. The smallest absolute Gasteiger partial charge is 0.164 e. The molecular formula is C27H20N4. The van der Waals surface area contributed by atoms with E-state index in [1.165, 1.54) is 0 Å². The van der Waals surface area contributed by atoms with Crippen molar-refractivity contribution in [1.82, 2.24) is 19.9 Å². The molecule has 2 aromatic heterocycles. The Hall–Kier alpha value is -4.18. The van der Waals surface area contributed by atoms with E-state index in [0.29, 0.717) is 17.5 Å². The largest absolute Gasteiger partial charge is 0.262 e. The molecule has 4 heteroatoms. The molecule has 2 heterocycles. The molecule has 0 aliphatic carbocycles. The van der Waals surface area contributed by atoms with E-state index in [1.807, 2.05) is 92.0 Å². The summed E-state index contributed by atoms with van der Waals surface area (Å²) in [7, 11) is 0. The Morgan fingerprint density at radius 2 is 0.935 bits per heavy atom. The average Bonchev–Trinajstić information content (AvgIpc) is 2.85. The summed E-state index contributed by atoms with van der Waals surface area (Å²) in [5.74, 6) is 1.98. The van der Waals surface area contributed by atoms with Crippen molar-refractivity contribution in [3.05, 3.63) is 109 Å². The first kappa shape index (κ1) is 18.8. The van der Waals surface area contributed by atoms with Gasteiger partial charge in [-0.2, -0.15) is 0 Å². The van der Waals surface area contributed by atoms with Crippen LogP contribution in [-0.4, -0.2) is 19.9 Å². The van der Waals surface area contributed by atoms with Gasteiger partial charge in [-0.3, -0.25) is 4.98 Å². The minimum atomic E-state index is 0.653. The van der Waals surface area contributed by atoms with Gasteiger partial charge < -0.3 is 0 Å². The van der Waals surface area contributed by atoms with E-state index in [2.05, 4.69) is 23.2 Å². The first-order chi connectivity index (χ1) is 15.3. The lowest BCUT2D eigenvalue weighted by molar-refractivity contribution is 1.07. The van der Waals surface area contributed by atoms with Gasteiger partial charge in [-0.05, 0) is 36.2 Å². The highest BCUT2D eigenvalue weighted by Gasteiger charge is 2.12. The van der Waals surface area contributed by atoms with Crippen molar-refractivity contribution in [3.8, 4) is 45.3 Å². The minimum Gasteiger partial charge on any atom is -0.262 e. The standard InChI is InChI=1S/C27H20N4/c1-19-17-23(15-16-28-19)22-13-8-14-24(18-22)27-30-25(20-9-4-2-5-10-20)29-26(31-27)21-11-6-3-7-12-21/h2-18H,1H3. The number of nitrogens with zero attached hydrogens (tertiary/aromatic N) is 4. The highest BCUT2D eigenvalue weighted by Crippen LogP contribution is 2.28. The second kappa shape index (κ2) is 8.28. The monoisotopic (exact) mass is 400 g/mol. The fourth-order valence-electron chi connectivity index (χ4n) is 3.50. The van der Waals surface area contributed by atoms with Crippen LogP contribution in [0.5, 0.6) is 0 Å². The molecule has 0 aliphatic heterocycles. The lowest BCUT2D eigenvalue weighted by Gasteiger charge is -2.09. The maximum Gasteiger partial charge on any atom is 0.164 e. The van der Waals surface area contributed by atoms with Gasteiger partial charge in [-0.15, -0.1) is 0 Å². The van der Waals surface area contributed by atoms with Crippen LogP contribution in [0, 0.1) is 6.92 Å². The van der Waals surface area contributed by atoms with Gasteiger partial charge in [0, 0.05) is 28.6 Å². The van der Waals surface area contributed by atoms with Gasteiger partial charge in [-0.25, -0.2) is 15.0 Å². The molecule has 0 unspecified atom stereocenters. The van der Waals surface area contributed by atoms with Crippen molar-refractivity contribution in [2.75, 3.05) is 0 Å². The number of aryl methyl sites for hydroxylation is 1. The van der Waals surface area contributed by atoms with Crippen LogP contribution < -0.4 is 0 Å². The fourth-order valence-corrected chi connectivity index (χ4v) is 3.50. The third-order valence-electron chi connectivity index (χ3n) is 5.05. The molecule has 0 amide bonds. The fraction of sp³-hybridized carbons (Fsp3) is 0.0370. The molecule has 0 aliphatic rings. The predicted molar refractivity (Wildman–Crippen MR) is 124 cm³/mol. The Labute approximate surface area is 181 Å². The number of aromatic nitrogens is 4. The third kappa shape index (κ3) is 4.09. The van der Waals surface area contributed by atoms with Gasteiger partial charge in [0.2, 0.25) is 0 Å². The summed E-state index contributed by atoms with van der Waals surface area (Å²) in [6.07, 6.45) is 1.83. The third-order valence-corrected chi connectivity index (χ3v) is 5.05. The Balaban J connectivity index is 1.66. The van der Waals surface area contributed by atoms with Gasteiger partial charge in [0.1, 0.15) is 0 Å². The molecule has 5 rings (SSSR count). The van der Waals surface area contributed by atoms with Gasteiger partial charge >= 0.3 is 0 Å². The van der Waals surface area contributed by atoms with E-state index in [0.717, 1.165) is 33.5 Å². The van der Waals surface area contributed by atoms with Crippen molar-refractivity contribution in [3.63, 3.8) is 0 Å². The van der Waals surface area contributed by atoms with E-state index in [1.54, 1.807) is 0 Å². The molecule has 0 saturated carbocycles. The summed E-state index contributed by atoms with van der Waals surface area (Å²) >= 11 is 0. The Bertz CT molecular complexity index is 1270. The number of rotatable bonds is 4. The zero-order chi connectivity index (χ0) is 21.0. The molecule has 0 spiro atoms. The molecule has 0 saturated heterocycles. The second-order valence-electron chi connectivity index (χ2n) is 7.30. The van der Waals surface area contributed by atoms with E-state index in [-0.39, 0.29) is 0 Å². The van der Waals surface area contributed by atoms with Crippen LogP contribution in [0.3, 0.4) is 0 Å². The van der Waals surface area contributed by atoms with Crippen LogP contribution in [0.1, 0.15) is 5.69 Å². The molecule has 4 nitrogen and oxygen atoms in total. The van der Waals surface area contributed by atoms with E-state index < -0.39 is 0 Å². The zero-order valence-electron chi connectivity index (χ0n) is 17.1. The number of hydrogen-bond acceptors (Lipinski definition) is 4. The molecule has 31 heavy (non-hydrogen) atoms. The molecule has 0 bridgehead atoms. The van der Waals surface area contributed by atoms with Crippen molar-refractivity contribution in [2.45, 2.75) is 6.92 Å². The van der Waals surface area contributed by atoms with E-state index >= 15 is 0 Å². The molecule has 5 aromatic rings. The summed E-state index contributed by atoms with van der Waals surface area (Å²) < 4.78 is 0. The highest BCUT2D eigenvalue weighted by atomic mass is 15.0. The van der Waals surface area contributed by atoms with Crippen LogP contribution in [0.15, 0.2) is 103 Å². The van der Waals surface area contributed by atoms with Crippen LogP contribution in [0.25, 0.3) is 45.3 Å². The maximum atomic E-state index is 4.82. The maximum absolute atomic E-state index is 4.82. The average molecular weight is 400 g/mol. The summed E-state index contributed by atoms with van der Waals surface area (Å²) in [4.78, 5) is 18.7. The van der Waals surface area contributed by atoms with Gasteiger partial charge in [-0.1, -0.05) is 78.9 Å². The molecule has 148 valence electrons. The number of benzene rings is 3. The lowest BCUT2D eigenvalue weighted by Crippen LogP contribution is -2.00. The van der Waals surface area contributed by atoms with Gasteiger partial charge in [0.05, 0.1) is 0 Å². The zero-order valence-corrected chi connectivity index (χ0v) is 17.1. The van der Waals surface area contributed by atoms with Crippen LogP contribution in [0.2, 0.25) is 0 Å². The van der Waals surface area contributed by atoms with Crippen molar-refractivity contribution in [1.29, 1.82) is 0 Å². The number of pyridine rings is 1. The quantitative estimate of drug-likeness (QED) is 0.358. The van der Waals surface area contributed by atoms with Crippen LogP contribution >= 0.6 is 0 Å². The van der Waals surface area contributed by atoms with Gasteiger partial charge in [0.25, 0.3) is 0 Å². The number of hydrogen-bond donors (Lipinski definition) is 0. The predicted octanol–water partition coefficient (Wildman–Crippen LogP) is 6.24. The van der Waals surface area contributed by atoms with Crippen molar-refractivity contribution >= 4 is 0 Å². The normalized spacial score (nSPS) is 10.7. The summed E-state index contributed by atoms with van der Waals surface area (Å²) in [6, 6.07) is 32.4. The highest BCUT2D eigenvalue weighted by molar-refractivity contribution is 5.72. The Morgan fingerprint density at radius 1 is 0.452 bits per heavy atom. The summed E-state index contributed by atoms with van der Waals surface area (Å²) in [5, 5.41) is 0.